The van der Waals surface area contributed by atoms with Crippen molar-refractivity contribution in [3.8, 4) is 0 Å². The minimum absolute atomic E-state index is 1.13. The van der Waals surface area contributed by atoms with Gasteiger partial charge in [-0.25, -0.2) is 0 Å². The lowest BCUT2D eigenvalue weighted by atomic mass is 10.2. The number of nitrogens with zero attached hydrogens (tertiary/aromatic N) is 1. The molecular formula is C16H24N2. The normalized spacial score (nSPS) is 11.2. The Hall–Kier alpha value is -1.28. The highest BCUT2D eigenvalue weighted by Gasteiger charge is 2.00. The number of rotatable bonds is 7. The number of unbranched alkanes of at least 4 members (excludes halogenated alkanes) is 1. The van der Waals surface area contributed by atoms with E-state index >= 15 is 0 Å². The lowest BCUT2D eigenvalue weighted by Gasteiger charge is -2.06. The third-order valence-corrected chi connectivity index (χ3v) is 3.36. The molecule has 0 atom stereocenters. The molecule has 0 radical (unpaired) electrons. The average Bonchev–Trinajstić information content (AvgIpc) is 2.76. The Kier molecular flexibility index (Phi) is 4.82. The Balaban J connectivity index is 1.86. The molecule has 0 saturated heterocycles. The van der Waals surface area contributed by atoms with Crippen molar-refractivity contribution in [2.24, 2.45) is 0 Å². The fourth-order valence-electron chi connectivity index (χ4n) is 2.32. The van der Waals surface area contributed by atoms with Crippen LogP contribution in [0.1, 0.15) is 31.7 Å². The first-order valence-corrected chi connectivity index (χ1v) is 7.07. The van der Waals surface area contributed by atoms with Gasteiger partial charge in [0, 0.05) is 18.3 Å². The molecule has 2 aromatic rings. The van der Waals surface area contributed by atoms with E-state index in [2.05, 4.69) is 54.2 Å². The molecule has 18 heavy (non-hydrogen) atoms. The molecule has 1 aromatic heterocycles. The first-order chi connectivity index (χ1) is 8.81. The fraction of sp³-hybridized carbons (Fsp3) is 0.500. The summed E-state index contributed by atoms with van der Waals surface area (Å²) in [7, 11) is 0. The number of hydrogen-bond acceptors (Lipinski definition) is 1. The van der Waals surface area contributed by atoms with E-state index in [9.17, 15) is 0 Å². The van der Waals surface area contributed by atoms with Gasteiger partial charge in [0.05, 0.1) is 0 Å². The standard InChI is InChI=1S/C16H24N2/c1-3-9-17-10-4-5-11-18-12-8-15-7-6-14(2)13-16(15)18/h6-8,12-13,17H,3-5,9-11H2,1-2H3. The molecule has 0 saturated carbocycles. The van der Waals surface area contributed by atoms with Gasteiger partial charge >= 0.3 is 0 Å². The summed E-state index contributed by atoms with van der Waals surface area (Å²) in [6.07, 6.45) is 5.94. The topological polar surface area (TPSA) is 17.0 Å². The van der Waals surface area contributed by atoms with Gasteiger partial charge < -0.3 is 9.88 Å². The highest BCUT2D eigenvalue weighted by atomic mass is 14.9. The molecule has 0 bridgehead atoms. The molecule has 1 aromatic carbocycles. The molecule has 0 fully saturated rings. The zero-order valence-corrected chi connectivity index (χ0v) is 11.6. The number of nitrogens with one attached hydrogen (secondary N) is 1. The molecule has 0 spiro atoms. The molecule has 2 heteroatoms. The number of fused-ring (bicyclic) bond motifs is 1. The van der Waals surface area contributed by atoms with Gasteiger partial charge in [-0.3, -0.25) is 0 Å². The Morgan fingerprint density at radius 1 is 1.11 bits per heavy atom. The second-order valence-electron chi connectivity index (χ2n) is 5.03. The summed E-state index contributed by atoms with van der Waals surface area (Å²) in [4.78, 5) is 0. The second-order valence-corrected chi connectivity index (χ2v) is 5.03. The van der Waals surface area contributed by atoms with Crippen LogP contribution in [0.25, 0.3) is 10.9 Å². The fourth-order valence-corrected chi connectivity index (χ4v) is 2.32. The molecule has 0 aliphatic heterocycles. The van der Waals surface area contributed by atoms with Gasteiger partial charge in [-0.1, -0.05) is 19.1 Å². The Morgan fingerprint density at radius 2 is 2.00 bits per heavy atom. The Morgan fingerprint density at radius 3 is 2.83 bits per heavy atom. The summed E-state index contributed by atoms with van der Waals surface area (Å²) in [5, 5.41) is 4.80. The van der Waals surface area contributed by atoms with Crippen LogP contribution in [0.2, 0.25) is 0 Å². The quantitative estimate of drug-likeness (QED) is 0.734. The molecule has 98 valence electrons. The van der Waals surface area contributed by atoms with E-state index in [0.29, 0.717) is 0 Å². The molecule has 2 nitrogen and oxygen atoms in total. The minimum Gasteiger partial charge on any atom is -0.347 e. The summed E-state index contributed by atoms with van der Waals surface area (Å²) in [5.74, 6) is 0. The summed E-state index contributed by atoms with van der Waals surface area (Å²) >= 11 is 0. The maximum Gasteiger partial charge on any atom is 0.0482 e. The summed E-state index contributed by atoms with van der Waals surface area (Å²) in [5.41, 5.74) is 2.71. The maximum atomic E-state index is 3.45. The SMILES string of the molecule is CCCNCCCCn1ccc2ccc(C)cc21. The highest BCUT2D eigenvalue weighted by molar-refractivity contribution is 5.80. The first-order valence-electron chi connectivity index (χ1n) is 7.07. The highest BCUT2D eigenvalue weighted by Crippen LogP contribution is 2.17. The van der Waals surface area contributed by atoms with Crippen LogP contribution in [0, 0.1) is 6.92 Å². The number of aromatic nitrogens is 1. The van der Waals surface area contributed by atoms with Gasteiger partial charge in [-0.15, -0.1) is 0 Å². The summed E-state index contributed by atoms with van der Waals surface area (Å²) < 4.78 is 2.38. The van der Waals surface area contributed by atoms with E-state index < -0.39 is 0 Å². The predicted molar refractivity (Wildman–Crippen MR) is 79.1 cm³/mol. The smallest absolute Gasteiger partial charge is 0.0482 e. The van der Waals surface area contributed by atoms with E-state index in [1.54, 1.807) is 0 Å². The van der Waals surface area contributed by atoms with Crippen molar-refractivity contribution in [1.82, 2.24) is 9.88 Å². The number of hydrogen-bond donors (Lipinski definition) is 1. The van der Waals surface area contributed by atoms with Crippen LogP contribution in [0.15, 0.2) is 30.5 Å². The minimum atomic E-state index is 1.13. The molecular weight excluding hydrogens is 220 g/mol. The van der Waals surface area contributed by atoms with E-state index in [-0.39, 0.29) is 0 Å². The molecule has 0 aliphatic rings. The Labute approximate surface area is 110 Å². The van der Waals surface area contributed by atoms with Crippen LogP contribution < -0.4 is 5.32 Å². The molecule has 0 unspecified atom stereocenters. The van der Waals surface area contributed by atoms with Crippen molar-refractivity contribution >= 4 is 10.9 Å². The van der Waals surface area contributed by atoms with Crippen molar-refractivity contribution in [2.45, 2.75) is 39.7 Å². The van der Waals surface area contributed by atoms with Crippen LogP contribution in [-0.2, 0) is 6.54 Å². The van der Waals surface area contributed by atoms with Gasteiger partial charge in [0.15, 0.2) is 0 Å². The van der Waals surface area contributed by atoms with Crippen LogP contribution in [0.3, 0.4) is 0 Å². The van der Waals surface area contributed by atoms with Crippen molar-refractivity contribution < 1.29 is 0 Å². The molecule has 1 heterocycles. The van der Waals surface area contributed by atoms with Crippen molar-refractivity contribution in [3.63, 3.8) is 0 Å². The van der Waals surface area contributed by atoms with E-state index in [1.165, 1.54) is 35.7 Å². The Bertz CT molecular complexity index is 485. The summed E-state index contributed by atoms with van der Waals surface area (Å²) in [6.45, 7) is 7.78. The van der Waals surface area contributed by atoms with Crippen molar-refractivity contribution in [3.05, 3.63) is 36.0 Å². The molecule has 2 rings (SSSR count). The lowest BCUT2D eigenvalue weighted by Crippen LogP contribution is -2.16. The maximum absolute atomic E-state index is 3.45. The van der Waals surface area contributed by atoms with E-state index in [0.717, 1.165) is 19.6 Å². The first kappa shape index (κ1) is 13.2. The predicted octanol–water partition coefficient (Wildman–Crippen LogP) is 3.73. The lowest BCUT2D eigenvalue weighted by molar-refractivity contribution is 0.574. The van der Waals surface area contributed by atoms with Gasteiger partial charge in [0.25, 0.3) is 0 Å². The zero-order valence-electron chi connectivity index (χ0n) is 11.6. The average molecular weight is 244 g/mol. The van der Waals surface area contributed by atoms with Gasteiger partial charge in [-0.2, -0.15) is 0 Å². The van der Waals surface area contributed by atoms with Gasteiger partial charge in [0.1, 0.15) is 0 Å². The van der Waals surface area contributed by atoms with Crippen LogP contribution in [-0.4, -0.2) is 17.7 Å². The largest absolute Gasteiger partial charge is 0.347 e. The van der Waals surface area contributed by atoms with Gasteiger partial charge in [-0.05, 0) is 62.4 Å². The molecule has 0 aliphatic carbocycles. The number of aryl methyl sites for hydroxylation is 2. The second kappa shape index (κ2) is 6.60. The van der Waals surface area contributed by atoms with E-state index in [1.807, 2.05) is 0 Å². The van der Waals surface area contributed by atoms with E-state index in [4.69, 9.17) is 0 Å². The van der Waals surface area contributed by atoms with Crippen molar-refractivity contribution in [2.75, 3.05) is 13.1 Å². The van der Waals surface area contributed by atoms with Gasteiger partial charge in [0.2, 0.25) is 0 Å². The molecule has 1 N–H and O–H groups in total. The third-order valence-electron chi connectivity index (χ3n) is 3.36. The van der Waals surface area contributed by atoms with Crippen LogP contribution >= 0.6 is 0 Å². The summed E-state index contributed by atoms with van der Waals surface area (Å²) in [6, 6.07) is 8.89. The third kappa shape index (κ3) is 3.36. The van der Waals surface area contributed by atoms with Crippen LogP contribution in [0.5, 0.6) is 0 Å². The molecule has 0 amide bonds. The zero-order chi connectivity index (χ0) is 12.8. The monoisotopic (exact) mass is 244 g/mol. The van der Waals surface area contributed by atoms with Crippen molar-refractivity contribution in [1.29, 1.82) is 0 Å². The van der Waals surface area contributed by atoms with Crippen LogP contribution in [0.4, 0.5) is 0 Å². The number of benzene rings is 1.